The van der Waals surface area contributed by atoms with Gasteiger partial charge in [-0.3, -0.25) is 14.6 Å². The minimum absolute atomic E-state index is 0.00665. The fourth-order valence-electron chi connectivity index (χ4n) is 3.84. The predicted molar refractivity (Wildman–Crippen MR) is 99.8 cm³/mol. The molecule has 0 radical (unpaired) electrons. The first-order valence-corrected chi connectivity index (χ1v) is 9.29. The van der Waals surface area contributed by atoms with Crippen LogP contribution in [0.3, 0.4) is 0 Å². The SMILES string of the molecule is O=C(NCc1ccncc1)[C@@H]1C[C@@]12CCN(C(=O)COc1ccccc1)C2. The summed E-state index contributed by atoms with van der Waals surface area (Å²) < 4.78 is 5.56. The molecule has 1 spiro atoms. The van der Waals surface area contributed by atoms with Gasteiger partial charge in [0.1, 0.15) is 5.75 Å². The second kappa shape index (κ2) is 7.39. The molecule has 0 unspecified atom stereocenters. The summed E-state index contributed by atoms with van der Waals surface area (Å²) in [6, 6.07) is 13.1. The number of amides is 2. The highest BCUT2D eigenvalue weighted by Gasteiger charge is 2.61. The van der Waals surface area contributed by atoms with Crippen LogP contribution in [0.15, 0.2) is 54.9 Å². The summed E-state index contributed by atoms with van der Waals surface area (Å²) in [5, 5.41) is 3.01. The summed E-state index contributed by atoms with van der Waals surface area (Å²) in [5.74, 6) is 0.770. The van der Waals surface area contributed by atoms with Gasteiger partial charge in [-0.05, 0) is 42.7 Å². The van der Waals surface area contributed by atoms with Crippen LogP contribution >= 0.6 is 0 Å². The lowest BCUT2D eigenvalue weighted by Gasteiger charge is -2.17. The van der Waals surface area contributed by atoms with Crippen LogP contribution in [0.4, 0.5) is 0 Å². The fourth-order valence-corrected chi connectivity index (χ4v) is 3.84. The van der Waals surface area contributed by atoms with Gasteiger partial charge in [-0.1, -0.05) is 18.2 Å². The molecule has 1 aromatic heterocycles. The Morgan fingerprint density at radius 1 is 1.19 bits per heavy atom. The lowest BCUT2D eigenvalue weighted by Crippen LogP contribution is -2.34. The molecule has 2 aromatic rings. The highest BCUT2D eigenvalue weighted by atomic mass is 16.5. The van der Waals surface area contributed by atoms with Gasteiger partial charge in [0.2, 0.25) is 5.91 Å². The third kappa shape index (κ3) is 3.94. The van der Waals surface area contributed by atoms with Crippen molar-refractivity contribution < 1.29 is 14.3 Å². The number of nitrogens with zero attached hydrogens (tertiary/aromatic N) is 2. The first kappa shape index (κ1) is 17.5. The highest BCUT2D eigenvalue weighted by molar-refractivity contribution is 5.84. The highest BCUT2D eigenvalue weighted by Crippen LogP contribution is 2.58. The van der Waals surface area contributed by atoms with E-state index in [9.17, 15) is 9.59 Å². The van der Waals surface area contributed by atoms with Gasteiger partial charge in [-0.15, -0.1) is 0 Å². The molecular formula is C21H23N3O3. The molecule has 0 bridgehead atoms. The number of benzene rings is 1. The molecule has 2 amide bonds. The van der Waals surface area contributed by atoms with Crippen molar-refractivity contribution in [2.75, 3.05) is 19.7 Å². The van der Waals surface area contributed by atoms with Crippen LogP contribution in [0.2, 0.25) is 0 Å². The van der Waals surface area contributed by atoms with Crippen LogP contribution in [-0.4, -0.2) is 41.4 Å². The number of para-hydroxylation sites is 1. The van der Waals surface area contributed by atoms with Crippen molar-refractivity contribution >= 4 is 11.8 Å². The molecule has 140 valence electrons. The number of carbonyl (C=O) groups excluding carboxylic acids is 2. The Morgan fingerprint density at radius 3 is 2.74 bits per heavy atom. The minimum atomic E-state index is -0.0370. The molecule has 4 rings (SSSR count). The fraction of sp³-hybridized carbons (Fsp3) is 0.381. The normalized spacial score (nSPS) is 23.3. The van der Waals surface area contributed by atoms with E-state index in [0.29, 0.717) is 25.4 Å². The zero-order chi connectivity index (χ0) is 18.7. The number of hydrogen-bond acceptors (Lipinski definition) is 4. The van der Waals surface area contributed by atoms with Crippen molar-refractivity contribution in [1.29, 1.82) is 0 Å². The predicted octanol–water partition coefficient (Wildman–Crippen LogP) is 2.02. The van der Waals surface area contributed by atoms with E-state index in [0.717, 1.165) is 18.4 Å². The van der Waals surface area contributed by atoms with Gasteiger partial charge in [0.15, 0.2) is 6.61 Å². The van der Waals surface area contributed by atoms with Crippen LogP contribution in [0, 0.1) is 11.3 Å². The number of pyridine rings is 1. The quantitative estimate of drug-likeness (QED) is 0.850. The monoisotopic (exact) mass is 365 g/mol. The van der Waals surface area contributed by atoms with E-state index in [1.165, 1.54) is 0 Å². The van der Waals surface area contributed by atoms with Crippen molar-refractivity contribution in [3.63, 3.8) is 0 Å². The average Bonchev–Trinajstić information content (AvgIpc) is 3.25. The molecule has 1 saturated heterocycles. The van der Waals surface area contributed by atoms with Gasteiger partial charge in [-0.25, -0.2) is 0 Å². The summed E-state index contributed by atoms with van der Waals surface area (Å²) in [6.45, 7) is 1.91. The van der Waals surface area contributed by atoms with E-state index in [1.54, 1.807) is 12.4 Å². The largest absolute Gasteiger partial charge is 0.484 e. The summed E-state index contributed by atoms with van der Waals surface area (Å²) in [4.78, 5) is 30.7. The van der Waals surface area contributed by atoms with E-state index in [1.807, 2.05) is 47.4 Å². The lowest BCUT2D eigenvalue weighted by molar-refractivity contribution is -0.132. The first-order valence-electron chi connectivity index (χ1n) is 9.29. The number of ether oxygens (including phenoxy) is 1. The van der Waals surface area contributed by atoms with E-state index in [4.69, 9.17) is 4.74 Å². The molecule has 6 nitrogen and oxygen atoms in total. The van der Waals surface area contributed by atoms with Gasteiger partial charge in [0.25, 0.3) is 5.91 Å². The summed E-state index contributed by atoms with van der Waals surface area (Å²) in [6.07, 6.45) is 5.19. The third-order valence-electron chi connectivity index (χ3n) is 5.57. The second-order valence-electron chi connectivity index (χ2n) is 7.36. The number of aromatic nitrogens is 1. The van der Waals surface area contributed by atoms with Crippen LogP contribution in [0.1, 0.15) is 18.4 Å². The topological polar surface area (TPSA) is 71.5 Å². The summed E-state index contributed by atoms with van der Waals surface area (Å²) in [7, 11) is 0. The molecule has 2 heterocycles. The number of nitrogens with one attached hydrogen (secondary N) is 1. The average molecular weight is 365 g/mol. The Labute approximate surface area is 158 Å². The van der Waals surface area contributed by atoms with E-state index in [-0.39, 0.29) is 29.8 Å². The van der Waals surface area contributed by atoms with Crippen LogP contribution < -0.4 is 10.1 Å². The Bertz CT molecular complexity index is 756. The Balaban J connectivity index is 1.24. The number of rotatable bonds is 6. The van der Waals surface area contributed by atoms with E-state index in [2.05, 4.69) is 10.3 Å². The smallest absolute Gasteiger partial charge is 0.260 e. The summed E-state index contributed by atoms with van der Waals surface area (Å²) >= 11 is 0. The van der Waals surface area contributed by atoms with E-state index < -0.39 is 0 Å². The third-order valence-corrected chi connectivity index (χ3v) is 5.57. The molecule has 1 N–H and O–H groups in total. The van der Waals surface area contributed by atoms with Gasteiger partial charge in [-0.2, -0.15) is 0 Å². The minimum Gasteiger partial charge on any atom is -0.484 e. The van der Waals surface area contributed by atoms with Gasteiger partial charge in [0, 0.05) is 43.4 Å². The standard InChI is InChI=1S/C21H23N3O3/c25-19(14-27-17-4-2-1-3-5-17)24-11-8-21(15-24)12-18(21)20(26)23-13-16-6-9-22-10-7-16/h1-7,9-10,18H,8,11-15H2,(H,23,26)/t18-,21+/m0/s1. The second-order valence-corrected chi connectivity index (χ2v) is 7.36. The van der Waals surface area contributed by atoms with Crippen molar-refractivity contribution in [2.45, 2.75) is 19.4 Å². The van der Waals surface area contributed by atoms with Crippen molar-refractivity contribution in [1.82, 2.24) is 15.2 Å². The molecule has 2 atom stereocenters. The molecule has 2 aliphatic rings. The molecule has 1 saturated carbocycles. The van der Waals surface area contributed by atoms with Crippen LogP contribution in [0.25, 0.3) is 0 Å². The zero-order valence-corrected chi connectivity index (χ0v) is 15.1. The molecule has 6 heteroatoms. The molecule has 1 aromatic carbocycles. The first-order chi connectivity index (χ1) is 13.2. The van der Waals surface area contributed by atoms with Crippen molar-refractivity contribution in [3.8, 4) is 5.75 Å². The number of carbonyl (C=O) groups is 2. The maximum Gasteiger partial charge on any atom is 0.260 e. The Morgan fingerprint density at radius 2 is 1.96 bits per heavy atom. The van der Waals surface area contributed by atoms with Crippen LogP contribution in [0.5, 0.6) is 5.75 Å². The van der Waals surface area contributed by atoms with Crippen molar-refractivity contribution in [3.05, 3.63) is 60.4 Å². The van der Waals surface area contributed by atoms with E-state index >= 15 is 0 Å². The maximum absolute atomic E-state index is 12.5. The van der Waals surface area contributed by atoms with Crippen molar-refractivity contribution in [2.24, 2.45) is 11.3 Å². The van der Waals surface area contributed by atoms with Gasteiger partial charge < -0.3 is 15.0 Å². The molecule has 1 aliphatic carbocycles. The maximum atomic E-state index is 12.5. The Hall–Kier alpha value is -2.89. The van der Waals surface area contributed by atoms with Gasteiger partial charge in [0.05, 0.1) is 0 Å². The van der Waals surface area contributed by atoms with Gasteiger partial charge >= 0.3 is 0 Å². The Kier molecular flexibility index (Phi) is 4.79. The number of hydrogen-bond donors (Lipinski definition) is 1. The molecule has 1 aliphatic heterocycles. The molecule has 2 fully saturated rings. The molecule has 27 heavy (non-hydrogen) atoms. The summed E-state index contributed by atoms with van der Waals surface area (Å²) in [5.41, 5.74) is 0.999. The number of likely N-dealkylation sites (tertiary alicyclic amines) is 1. The lowest BCUT2D eigenvalue weighted by atomic mass is 10.0. The molecular weight excluding hydrogens is 342 g/mol. The van der Waals surface area contributed by atoms with Crippen LogP contribution in [-0.2, 0) is 16.1 Å². The zero-order valence-electron chi connectivity index (χ0n) is 15.1.